The minimum Gasteiger partial charge on any atom is -0.278 e. The maximum Gasteiger partial charge on any atom is 0.235 e. The van der Waals surface area contributed by atoms with E-state index in [-0.39, 0.29) is 0 Å². The van der Waals surface area contributed by atoms with Crippen LogP contribution in [0.15, 0.2) is 158 Å². The molecule has 0 unspecified atom stereocenters. The second kappa shape index (κ2) is 11.5. The predicted octanol–water partition coefficient (Wildman–Crippen LogP) is 10.8. The van der Waals surface area contributed by atoms with Crippen molar-refractivity contribution in [2.45, 2.75) is 0 Å². The first-order valence-electron chi connectivity index (χ1n) is 16.4. The van der Waals surface area contributed by atoms with E-state index in [4.69, 9.17) is 24.9 Å². The summed E-state index contributed by atoms with van der Waals surface area (Å²) in [5.74, 6) is 2.51. The van der Waals surface area contributed by atoms with Crippen LogP contribution in [0.4, 0.5) is 0 Å². The third-order valence-corrected chi connectivity index (χ3v) is 10.3. The van der Waals surface area contributed by atoms with Crippen molar-refractivity contribution in [3.63, 3.8) is 0 Å². The second-order valence-electron chi connectivity index (χ2n) is 12.1. The molecule has 0 aliphatic rings. The molecule has 0 atom stereocenters. The van der Waals surface area contributed by atoms with Gasteiger partial charge in [-0.15, -0.1) is 11.3 Å². The molecule has 0 amide bonds. The van der Waals surface area contributed by atoms with Gasteiger partial charge >= 0.3 is 0 Å². The Morgan fingerprint density at radius 2 is 0.900 bits per heavy atom. The summed E-state index contributed by atoms with van der Waals surface area (Å²) in [5.41, 5.74) is 7.77. The number of nitrogens with zero attached hydrogens (tertiary/aromatic N) is 6. The highest BCUT2D eigenvalue weighted by Gasteiger charge is 2.21. The molecular weight excluding hydrogens is 633 g/mol. The Morgan fingerprint density at radius 1 is 0.400 bits per heavy atom. The zero-order valence-corrected chi connectivity index (χ0v) is 27.4. The van der Waals surface area contributed by atoms with E-state index in [2.05, 4.69) is 95.6 Å². The molecule has 4 heterocycles. The van der Waals surface area contributed by atoms with Gasteiger partial charge in [-0.3, -0.25) is 4.57 Å². The average molecular weight is 659 g/mol. The Kier molecular flexibility index (Phi) is 6.57. The zero-order valence-electron chi connectivity index (χ0n) is 26.6. The summed E-state index contributed by atoms with van der Waals surface area (Å²) in [5, 5.41) is 3.37. The summed E-state index contributed by atoms with van der Waals surface area (Å²) in [7, 11) is 0. The van der Waals surface area contributed by atoms with Gasteiger partial charge in [0.25, 0.3) is 0 Å². The Morgan fingerprint density at radius 3 is 1.48 bits per heavy atom. The molecule has 10 aromatic rings. The number of benzene rings is 6. The van der Waals surface area contributed by atoms with Crippen LogP contribution in [0, 0.1) is 0 Å². The predicted molar refractivity (Wildman–Crippen MR) is 204 cm³/mol. The van der Waals surface area contributed by atoms with Gasteiger partial charge in [-0.2, -0.15) is 0 Å². The summed E-state index contributed by atoms with van der Waals surface area (Å²) >= 11 is 1.71. The van der Waals surface area contributed by atoms with Gasteiger partial charge in [0.05, 0.1) is 26.9 Å². The summed E-state index contributed by atoms with van der Waals surface area (Å²) in [6.45, 7) is 0. The molecule has 6 nitrogen and oxygen atoms in total. The van der Waals surface area contributed by atoms with Crippen LogP contribution in [-0.4, -0.2) is 29.5 Å². The van der Waals surface area contributed by atoms with Crippen molar-refractivity contribution >= 4 is 53.4 Å². The van der Waals surface area contributed by atoms with Crippen LogP contribution in [-0.2, 0) is 0 Å². The standard InChI is InChI=1S/C43H26N6S/c1-4-14-27(15-5-1)37-39-38(45-43(44-37)49-34-22-12-10-20-31(34)32-21-11-13-23-35(32)49)33-26-30(24-25-36(33)50-39)42-47-40(28-16-6-2-7-17-28)46-41(48-42)29-18-8-3-9-19-29/h1-26H. The zero-order chi connectivity index (χ0) is 33.0. The molecule has 6 aromatic carbocycles. The Bertz CT molecular complexity index is 2750. The smallest absolute Gasteiger partial charge is 0.235 e. The molecule has 10 rings (SSSR count). The van der Waals surface area contributed by atoms with Crippen molar-refractivity contribution in [1.82, 2.24) is 29.5 Å². The van der Waals surface area contributed by atoms with Crippen LogP contribution in [0.3, 0.4) is 0 Å². The molecule has 4 aromatic heterocycles. The molecule has 7 heteroatoms. The molecule has 0 aliphatic carbocycles. The molecule has 50 heavy (non-hydrogen) atoms. The van der Waals surface area contributed by atoms with Gasteiger partial charge in [0.1, 0.15) is 0 Å². The number of hydrogen-bond donors (Lipinski definition) is 0. The highest BCUT2D eigenvalue weighted by molar-refractivity contribution is 7.26. The lowest BCUT2D eigenvalue weighted by molar-refractivity contribution is 1.02. The van der Waals surface area contributed by atoms with Gasteiger partial charge < -0.3 is 0 Å². The van der Waals surface area contributed by atoms with E-state index in [1.54, 1.807) is 11.3 Å². The number of hydrogen-bond acceptors (Lipinski definition) is 6. The third-order valence-electron chi connectivity index (χ3n) is 9.09. The Balaban J connectivity index is 1.24. The quantitative estimate of drug-likeness (QED) is 0.184. The van der Waals surface area contributed by atoms with E-state index in [1.165, 1.54) is 10.8 Å². The largest absolute Gasteiger partial charge is 0.278 e. The maximum absolute atomic E-state index is 5.37. The third kappa shape index (κ3) is 4.67. The monoisotopic (exact) mass is 658 g/mol. The highest BCUT2D eigenvalue weighted by atomic mass is 32.1. The van der Waals surface area contributed by atoms with E-state index in [0.29, 0.717) is 23.4 Å². The fraction of sp³-hybridized carbons (Fsp3) is 0. The summed E-state index contributed by atoms with van der Waals surface area (Å²) < 4.78 is 4.35. The summed E-state index contributed by atoms with van der Waals surface area (Å²) in [4.78, 5) is 25.6. The SMILES string of the molecule is c1ccc(-c2nc(-c3ccccc3)nc(-c3ccc4sc5c(-c6ccccc6)nc(-n6c7ccccc7c7ccccc76)nc5c4c3)n2)cc1. The lowest BCUT2D eigenvalue weighted by Crippen LogP contribution is -2.02. The number of aromatic nitrogens is 6. The van der Waals surface area contributed by atoms with Crippen molar-refractivity contribution in [2.75, 3.05) is 0 Å². The Hall–Kier alpha value is -6.57. The normalized spacial score (nSPS) is 11.6. The van der Waals surface area contributed by atoms with Crippen LogP contribution in [0.2, 0.25) is 0 Å². The molecule has 0 radical (unpaired) electrons. The van der Waals surface area contributed by atoms with Gasteiger partial charge in [-0.1, -0.05) is 127 Å². The van der Waals surface area contributed by atoms with Crippen LogP contribution in [0.1, 0.15) is 0 Å². The van der Waals surface area contributed by atoms with Gasteiger partial charge in [-0.25, -0.2) is 24.9 Å². The number of rotatable bonds is 5. The topological polar surface area (TPSA) is 69.4 Å². The molecule has 0 saturated carbocycles. The lowest BCUT2D eigenvalue weighted by atomic mass is 10.1. The Labute approximate surface area is 291 Å². The summed E-state index contributed by atoms with van der Waals surface area (Å²) in [6.07, 6.45) is 0. The van der Waals surface area contributed by atoms with Crippen molar-refractivity contribution in [1.29, 1.82) is 0 Å². The summed E-state index contributed by atoms with van der Waals surface area (Å²) in [6, 6.07) is 53.9. The highest BCUT2D eigenvalue weighted by Crippen LogP contribution is 2.41. The first-order chi connectivity index (χ1) is 24.8. The first kappa shape index (κ1) is 28.4. The van der Waals surface area contributed by atoms with Gasteiger partial charge in [0.15, 0.2) is 17.5 Å². The van der Waals surface area contributed by atoms with E-state index in [1.807, 2.05) is 66.7 Å². The van der Waals surface area contributed by atoms with Crippen LogP contribution in [0.25, 0.3) is 93.5 Å². The fourth-order valence-corrected chi connectivity index (χ4v) is 7.87. The first-order valence-corrected chi connectivity index (χ1v) is 17.3. The van der Waals surface area contributed by atoms with E-state index in [9.17, 15) is 0 Å². The molecule has 0 N–H and O–H groups in total. The molecule has 234 valence electrons. The number of para-hydroxylation sites is 2. The van der Waals surface area contributed by atoms with E-state index in [0.717, 1.165) is 59.3 Å². The maximum atomic E-state index is 5.37. The van der Waals surface area contributed by atoms with Gasteiger partial charge in [0, 0.05) is 43.1 Å². The van der Waals surface area contributed by atoms with E-state index < -0.39 is 0 Å². The van der Waals surface area contributed by atoms with Crippen LogP contribution in [0.5, 0.6) is 0 Å². The fourth-order valence-electron chi connectivity index (χ4n) is 6.74. The number of thiophene rings is 1. The van der Waals surface area contributed by atoms with Crippen molar-refractivity contribution in [3.8, 4) is 51.4 Å². The minimum absolute atomic E-state index is 0.610. The van der Waals surface area contributed by atoms with Gasteiger partial charge in [-0.05, 0) is 30.3 Å². The molecule has 0 aliphatic heterocycles. The lowest BCUT2D eigenvalue weighted by Gasteiger charge is -2.10. The molecule has 0 fully saturated rings. The van der Waals surface area contributed by atoms with Crippen LogP contribution >= 0.6 is 11.3 Å². The van der Waals surface area contributed by atoms with Gasteiger partial charge in [0.2, 0.25) is 5.95 Å². The second-order valence-corrected chi connectivity index (χ2v) is 13.2. The minimum atomic E-state index is 0.610. The van der Waals surface area contributed by atoms with Crippen LogP contribution < -0.4 is 0 Å². The molecule has 0 bridgehead atoms. The molecular formula is C43H26N6S. The van der Waals surface area contributed by atoms with Crippen molar-refractivity contribution in [2.24, 2.45) is 0 Å². The average Bonchev–Trinajstić information content (AvgIpc) is 3.74. The van der Waals surface area contributed by atoms with E-state index >= 15 is 0 Å². The van der Waals surface area contributed by atoms with Crippen molar-refractivity contribution in [3.05, 3.63) is 158 Å². The number of fused-ring (bicyclic) bond motifs is 6. The van der Waals surface area contributed by atoms with Crippen molar-refractivity contribution < 1.29 is 0 Å². The molecule has 0 spiro atoms. The molecule has 0 saturated heterocycles.